The summed E-state index contributed by atoms with van der Waals surface area (Å²) < 4.78 is 3.86. The molecule has 22 heavy (non-hydrogen) atoms. The van der Waals surface area contributed by atoms with Crippen molar-refractivity contribution in [2.24, 2.45) is 0 Å². The Morgan fingerprint density at radius 2 is 1.91 bits per heavy atom. The molecule has 1 aliphatic heterocycles. The van der Waals surface area contributed by atoms with Gasteiger partial charge >= 0.3 is 6.03 Å². The predicted molar refractivity (Wildman–Crippen MR) is 86.1 cm³/mol. The number of ether oxygens (including phenoxy) is 1. The molecule has 1 aromatic carbocycles. The van der Waals surface area contributed by atoms with E-state index < -0.39 is 6.03 Å². The average Bonchev–Trinajstić information content (AvgIpc) is 2.52. The van der Waals surface area contributed by atoms with Gasteiger partial charge in [-0.15, -0.1) is 0 Å². The van der Waals surface area contributed by atoms with E-state index in [9.17, 15) is 9.59 Å². The second kappa shape index (κ2) is 10.6. The van der Waals surface area contributed by atoms with Gasteiger partial charge in [-0.05, 0) is 24.6 Å². The Kier molecular flexibility index (Phi) is 9.61. The molecule has 1 heterocycles. The Morgan fingerprint density at radius 1 is 1.32 bits per heavy atom. The van der Waals surface area contributed by atoms with Gasteiger partial charge in [0.1, 0.15) is 0 Å². The Balaban J connectivity index is 0.000000640. The minimum absolute atomic E-state index is 0.245. The van der Waals surface area contributed by atoms with Crippen LogP contribution in [0.2, 0.25) is 5.02 Å². The molecule has 6 nitrogen and oxygen atoms in total. The number of nitrogens with zero attached hydrogens (tertiary/aromatic N) is 1. The number of hydrogen-bond donors (Lipinski definition) is 1. The number of carbonyl (C=O) groups is 3. The average molecular weight is 329 g/mol. The summed E-state index contributed by atoms with van der Waals surface area (Å²) in [6.45, 7) is 6.67. The number of urea groups is 1. The Bertz CT molecular complexity index is 520. The van der Waals surface area contributed by atoms with Crippen LogP contribution in [-0.4, -0.2) is 32.1 Å². The lowest BCUT2D eigenvalue weighted by Crippen LogP contribution is -2.49. The van der Waals surface area contributed by atoms with E-state index in [0.29, 0.717) is 30.1 Å². The fourth-order valence-corrected chi connectivity index (χ4v) is 1.84. The first-order valence-corrected chi connectivity index (χ1v) is 7.21. The van der Waals surface area contributed by atoms with E-state index in [4.69, 9.17) is 16.4 Å². The number of carbonyl (C=O) groups excluding carboxylic acids is 3. The maximum Gasteiger partial charge on any atom is 0.328 e. The van der Waals surface area contributed by atoms with Crippen LogP contribution in [0, 0.1) is 6.92 Å². The van der Waals surface area contributed by atoms with Crippen LogP contribution in [0.3, 0.4) is 0 Å². The molecule has 0 saturated carbocycles. The lowest BCUT2D eigenvalue weighted by molar-refractivity contribution is -0.126. The maximum absolute atomic E-state index is 11.6. The van der Waals surface area contributed by atoms with Crippen molar-refractivity contribution in [1.82, 2.24) is 5.32 Å². The van der Waals surface area contributed by atoms with E-state index in [1.807, 2.05) is 32.9 Å². The first-order valence-electron chi connectivity index (χ1n) is 6.83. The molecular weight excluding hydrogens is 308 g/mol. The summed E-state index contributed by atoms with van der Waals surface area (Å²) in [7, 11) is 1.31. The number of benzene rings is 1. The topological polar surface area (TPSA) is 75.7 Å². The summed E-state index contributed by atoms with van der Waals surface area (Å²) >= 11 is 6.02. The van der Waals surface area contributed by atoms with Crippen molar-refractivity contribution in [1.29, 1.82) is 0 Å². The summed E-state index contributed by atoms with van der Waals surface area (Å²) in [4.78, 5) is 33.0. The Morgan fingerprint density at radius 3 is 2.41 bits per heavy atom. The number of anilines is 1. The molecule has 2 rings (SSSR count). The highest BCUT2D eigenvalue weighted by Crippen LogP contribution is 2.27. The zero-order chi connectivity index (χ0) is 17.1. The highest BCUT2D eigenvalue weighted by molar-refractivity contribution is 6.34. The van der Waals surface area contributed by atoms with Crippen LogP contribution >= 0.6 is 11.6 Å². The van der Waals surface area contributed by atoms with Gasteiger partial charge in [0, 0.05) is 13.0 Å². The number of imide groups is 1. The van der Waals surface area contributed by atoms with Gasteiger partial charge in [0.2, 0.25) is 5.91 Å². The van der Waals surface area contributed by atoms with E-state index in [2.05, 4.69) is 10.1 Å². The van der Waals surface area contributed by atoms with Crippen molar-refractivity contribution in [2.45, 2.75) is 27.2 Å². The maximum atomic E-state index is 11.6. The van der Waals surface area contributed by atoms with Crippen molar-refractivity contribution in [3.63, 3.8) is 0 Å². The number of amides is 3. The molecule has 1 N–H and O–H groups in total. The highest BCUT2D eigenvalue weighted by atomic mass is 35.5. The van der Waals surface area contributed by atoms with Gasteiger partial charge in [-0.1, -0.05) is 31.5 Å². The van der Waals surface area contributed by atoms with Crippen molar-refractivity contribution in [3.05, 3.63) is 28.8 Å². The van der Waals surface area contributed by atoms with E-state index >= 15 is 0 Å². The number of hydrogen-bond acceptors (Lipinski definition) is 4. The standard InChI is InChI=1S/C11H11ClN2O2.C2H4O2.C2H6/c1-7-2-3-8(12)9(6-7)14-5-4-10(15)13-11(14)16;1-4-2-3;1-2/h2-3,6H,4-5H2,1H3,(H,13,15,16);2H,1H3;1-2H3. The Labute approximate surface area is 135 Å². The van der Waals surface area contributed by atoms with E-state index in [1.165, 1.54) is 12.0 Å². The number of rotatable bonds is 2. The van der Waals surface area contributed by atoms with Gasteiger partial charge in [0.05, 0.1) is 17.8 Å². The van der Waals surface area contributed by atoms with E-state index in [1.54, 1.807) is 6.07 Å². The number of aryl methyl sites for hydroxylation is 1. The van der Waals surface area contributed by atoms with Crippen LogP contribution in [0.4, 0.5) is 10.5 Å². The monoisotopic (exact) mass is 328 g/mol. The van der Waals surface area contributed by atoms with Gasteiger partial charge in [-0.25, -0.2) is 4.79 Å². The van der Waals surface area contributed by atoms with Crippen LogP contribution < -0.4 is 10.2 Å². The first-order chi connectivity index (χ1) is 10.5. The Hall–Kier alpha value is -2.08. The van der Waals surface area contributed by atoms with Crippen molar-refractivity contribution >= 4 is 35.7 Å². The van der Waals surface area contributed by atoms with Gasteiger partial charge in [-0.2, -0.15) is 0 Å². The summed E-state index contributed by atoms with van der Waals surface area (Å²) in [5.74, 6) is -0.245. The second-order valence-corrected chi connectivity index (χ2v) is 4.45. The predicted octanol–water partition coefficient (Wildman–Crippen LogP) is 2.91. The summed E-state index contributed by atoms with van der Waals surface area (Å²) in [5, 5.41) is 2.77. The molecule has 0 unspecified atom stereocenters. The number of halogens is 1. The van der Waals surface area contributed by atoms with Crippen molar-refractivity contribution in [2.75, 3.05) is 18.6 Å². The van der Waals surface area contributed by atoms with Gasteiger partial charge in [-0.3, -0.25) is 19.8 Å². The van der Waals surface area contributed by atoms with Gasteiger partial charge < -0.3 is 4.74 Å². The normalized spacial score (nSPS) is 13.0. The molecular formula is C15H21ClN2O4. The molecule has 0 aromatic heterocycles. The van der Waals surface area contributed by atoms with Gasteiger partial charge in [0.25, 0.3) is 6.47 Å². The van der Waals surface area contributed by atoms with E-state index in [0.717, 1.165) is 5.56 Å². The van der Waals surface area contributed by atoms with Crippen LogP contribution in [0.15, 0.2) is 18.2 Å². The SMILES string of the molecule is CC.COC=O.Cc1ccc(Cl)c(N2CCC(=O)NC2=O)c1. The summed E-state index contributed by atoms with van der Waals surface area (Å²) in [5.41, 5.74) is 1.66. The number of nitrogens with one attached hydrogen (secondary N) is 1. The third-order valence-electron chi connectivity index (χ3n) is 2.54. The number of methoxy groups -OCH3 is 1. The van der Waals surface area contributed by atoms with Crippen LogP contribution in [-0.2, 0) is 14.3 Å². The minimum Gasteiger partial charge on any atom is -0.471 e. The van der Waals surface area contributed by atoms with Crippen LogP contribution in [0.25, 0.3) is 0 Å². The fraction of sp³-hybridized carbons (Fsp3) is 0.400. The molecule has 7 heteroatoms. The summed E-state index contributed by atoms with van der Waals surface area (Å²) in [6, 6.07) is 5.04. The molecule has 0 radical (unpaired) electrons. The largest absolute Gasteiger partial charge is 0.471 e. The van der Waals surface area contributed by atoms with Crippen LogP contribution in [0.5, 0.6) is 0 Å². The molecule has 1 saturated heterocycles. The smallest absolute Gasteiger partial charge is 0.328 e. The van der Waals surface area contributed by atoms with Gasteiger partial charge in [0.15, 0.2) is 0 Å². The molecule has 122 valence electrons. The molecule has 0 aliphatic carbocycles. The lowest BCUT2D eigenvalue weighted by Gasteiger charge is -2.27. The second-order valence-electron chi connectivity index (χ2n) is 4.04. The zero-order valence-electron chi connectivity index (χ0n) is 13.2. The molecule has 1 aliphatic rings. The first kappa shape index (κ1) is 19.9. The third kappa shape index (κ3) is 6.13. The molecule has 0 atom stereocenters. The quantitative estimate of drug-likeness (QED) is 0.847. The third-order valence-corrected chi connectivity index (χ3v) is 2.86. The highest BCUT2D eigenvalue weighted by Gasteiger charge is 2.25. The minimum atomic E-state index is -0.413. The molecule has 1 aromatic rings. The van der Waals surface area contributed by atoms with Crippen molar-refractivity contribution < 1.29 is 19.1 Å². The molecule has 3 amide bonds. The summed E-state index contributed by atoms with van der Waals surface area (Å²) in [6.07, 6.45) is 0.302. The van der Waals surface area contributed by atoms with Crippen LogP contribution in [0.1, 0.15) is 25.8 Å². The molecule has 1 fully saturated rings. The fourth-order valence-electron chi connectivity index (χ4n) is 1.62. The zero-order valence-corrected chi connectivity index (χ0v) is 13.9. The van der Waals surface area contributed by atoms with E-state index in [-0.39, 0.29) is 5.91 Å². The lowest BCUT2D eigenvalue weighted by atomic mass is 10.2. The molecule has 0 bridgehead atoms. The van der Waals surface area contributed by atoms with Crippen molar-refractivity contribution in [3.8, 4) is 0 Å². The molecule has 0 spiro atoms.